The van der Waals surface area contributed by atoms with Gasteiger partial charge in [-0.15, -0.1) is 0 Å². The van der Waals surface area contributed by atoms with Crippen molar-refractivity contribution in [3.8, 4) is 0 Å². The zero-order valence-corrected chi connectivity index (χ0v) is 11.9. The molecule has 1 heterocycles. The molecule has 0 saturated carbocycles. The van der Waals surface area contributed by atoms with Crippen molar-refractivity contribution in [2.45, 2.75) is 19.3 Å². The Morgan fingerprint density at radius 3 is 2.55 bits per heavy atom. The third-order valence-corrected chi connectivity index (χ3v) is 3.84. The van der Waals surface area contributed by atoms with Crippen molar-refractivity contribution >= 4 is 23.3 Å². The number of carboxylic acid groups (broad SMARTS) is 1. The van der Waals surface area contributed by atoms with E-state index in [1.54, 1.807) is 4.90 Å². The summed E-state index contributed by atoms with van der Waals surface area (Å²) in [6.45, 7) is 0.907. The largest absolute Gasteiger partial charge is 0.481 e. The number of nitrogens with two attached hydrogens (primary N) is 1. The third-order valence-electron chi connectivity index (χ3n) is 3.84. The number of hydrogen-bond donors (Lipinski definition) is 2. The lowest BCUT2D eigenvalue weighted by Gasteiger charge is -2.31. The molecule has 0 bridgehead atoms. The summed E-state index contributed by atoms with van der Waals surface area (Å²) in [7, 11) is 0. The normalized spacial score (nSPS) is 15.5. The second-order valence-corrected chi connectivity index (χ2v) is 5.36. The van der Waals surface area contributed by atoms with Gasteiger partial charge in [-0.1, -0.05) is 0 Å². The number of carbonyl (C=O) groups excluding carboxylic acids is 1. The summed E-state index contributed by atoms with van der Waals surface area (Å²) in [5, 5.41) is 19.6. The summed E-state index contributed by atoms with van der Waals surface area (Å²) in [5.41, 5.74) is 5.46. The van der Waals surface area contributed by atoms with E-state index in [0.29, 0.717) is 25.9 Å². The van der Waals surface area contributed by atoms with Gasteiger partial charge in [0.1, 0.15) is 5.69 Å². The van der Waals surface area contributed by atoms with Crippen LogP contribution in [0.3, 0.4) is 0 Å². The number of nitro benzene ring substituents is 1. The molecule has 1 aliphatic rings. The molecule has 2 rings (SSSR count). The van der Waals surface area contributed by atoms with Gasteiger partial charge in [0.25, 0.3) is 11.6 Å². The Hall–Kier alpha value is -2.64. The van der Waals surface area contributed by atoms with Gasteiger partial charge in [-0.2, -0.15) is 0 Å². The Kier molecular flexibility index (Phi) is 4.59. The highest BCUT2D eigenvalue weighted by molar-refractivity contribution is 5.95. The summed E-state index contributed by atoms with van der Waals surface area (Å²) in [4.78, 5) is 34.9. The Bertz CT molecular complexity index is 608. The van der Waals surface area contributed by atoms with E-state index in [0.717, 1.165) is 0 Å². The van der Waals surface area contributed by atoms with Crippen molar-refractivity contribution in [2.24, 2.45) is 5.92 Å². The molecule has 0 unspecified atom stereocenters. The molecule has 8 nitrogen and oxygen atoms in total. The van der Waals surface area contributed by atoms with Crippen molar-refractivity contribution < 1.29 is 19.6 Å². The van der Waals surface area contributed by atoms with Crippen LogP contribution in [0.4, 0.5) is 11.4 Å². The predicted molar refractivity (Wildman–Crippen MR) is 78.4 cm³/mol. The summed E-state index contributed by atoms with van der Waals surface area (Å²) in [6, 6.07) is 4.00. The van der Waals surface area contributed by atoms with Crippen molar-refractivity contribution in [2.75, 3.05) is 18.8 Å². The van der Waals surface area contributed by atoms with Gasteiger partial charge in [-0.05, 0) is 30.9 Å². The second kappa shape index (κ2) is 6.42. The van der Waals surface area contributed by atoms with E-state index in [1.807, 2.05) is 0 Å². The van der Waals surface area contributed by atoms with Gasteiger partial charge in [-0.25, -0.2) is 0 Å². The van der Waals surface area contributed by atoms with Crippen LogP contribution in [0.5, 0.6) is 0 Å². The molecule has 0 spiro atoms. The average molecular weight is 307 g/mol. The van der Waals surface area contributed by atoms with Crippen LogP contribution in [0, 0.1) is 16.0 Å². The van der Waals surface area contributed by atoms with Crippen LogP contribution in [0.15, 0.2) is 18.2 Å². The highest BCUT2D eigenvalue weighted by Crippen LogP contribution is 2.25. The van der Waals surface area contributed by atoms with Crippen LogP contribution in [0.1, 0.15) is 29.6 Å². The van der Waals surface area contributed by atoms with Crippen LogP contribution in [0.25, 0.3) is 0 Å². The van der Waals surface area contributed by atoms with Gasteiger partial charge in [-0.3, -0.25) is 19.7 Å². The van der Waals surface area contributed by atoms with Crippen molar-refractivity contribution in [3.63, 3.8) is 0 Å². The number of nitrogens with zero attached hydrogens (tertiary/aromatic N) is 2. The Morgan fingerprint density at radius 1 is 1.36 bits per heavy atom. The van der Waals surface area contributed by atoms with Gasteiger partial charge in [0.05, 0.1) is 4.92 Å². The Labute approximate surface area is 126 Å². The van der Waals surface area contributed by atoms with Crippen LogP contribution in [-0.2, 0) is 4.79 Å². The van der Waals surface area contributed by atoms with Gasteiger partial charge in [0, 0.05) is 31.1 Å². The number of carboxylic acids is 1. The highest BCUT2D eigenvalue weighted by Gasteiger charge is 2.26. The second-order valence-electron chi connectivity index (χ2n) is 5.36. The fourth-order valence-corrected chi connectivity index (χ4v) is 2.60. The van der Waals surface area contributed by atoms with E-state index in [1.165, 1.54) is 18.2 Å². The number of benzene rings is 1. The van der Waals surface area contributed by atoms with E-state index in [4.69, 9.17) is 10.8 Å². The number of hydrogen-bond acceptors (Lipinski definition) is 5. The van der Waals surface area contributed by atoms with Crippen molar-refractivity contribution in [1.82, 2.24) is 4.90 Å². The Morgan fingerprint density at radius 2 is 2.00 bits per heavy atom. The van der Waals surface area contributed by atoms with Crippen LogP contribution in [0.2, 0.25) is 0 Å². The SMILES string of the molecule is Nc1ccc(C(=O)N2CCC(CC(=O)O)CC2)cc1[N+](=O)[O-]. The molecule has 22 heavy (non-hydrogen) atoms. The fraction of sp³-hybridized carbons (Fsp3) is 0.429. The number of carbonyl (C=O) groups is 2. The lowest BCUT2D eigenvalue weighted by Crippen LogP contribution is -2.38. The van der Waals surface area contributed by atoms with E-state index < -0.39 is 10.9 Å². The number of piperidine rings is 1. The van der Waals surface area contributed by atoms with Crippen LogP contribution < -0.4 is 5.73 Å². The maximum Gasteiger partial charge on any atom is 0.303 e. The van der Waals surface area contributed by atoms with Crippen LogP contribution in [-0.4, -0.2) is 39.9 Å². The van der Waals surface area contributed by atoms with Gasteiger partial charge in [0.15, 0.2) is 0 Å². The molecular weight excluding hydrogens is 290 g/mol. The third kappa shape index (κ3) is 3.51. The molecule has 8 heteroatoms. The molecule has 0 aromatic heterocycles. The molecule has 3 N–H and O–H groups in total. The number of rotatable bonds is 4. The first kappa shape index (κ1) is 15.7. The minimum atomic E-state index is -0.834. The fourth-order valence-electron chi connectivity index (χ4n) is 2.60. The van der Waals surface area contributed by atoms with Crippen LogP contribution >= 0.6 is 0 Å². The molecule has 1 aromatic rings. The number of amides is 1. The lowest BCUT2D eigenvalue weighted by molar-refractivity contribution is -0.383. The lowest BCUT2D eigenvalue weighted by atomic mass is 9.93. The van der Waals surface area contributed by atoms with E-state index >= 15 is 0 Å². The number of anilines is 1. The summed E-state index contributed by atoms with van der Waals surface area (Å²) in [5.74, 6) is -1.06. The molecule has 1 aliphatic heterocycles. The number of aliphatic carboxylic acids is 1. The minimum absolute atomic E-state index is 0.0155. The standard InChI is InChI=1S/C14H17N3O5/c15-11-2-1-10(8-12(11)17(21)22)14(20)16-5-3-9(4-6-16)7-13(18)19/h1-2,8-9H,3-7,15H2,(H,18,19). The topological polar surface area (TPSA) is 127 Å². The van der Waals surface area contributed by atoms with Gasteiger partial charge >= 0.3 is 5.97 Å². The zero-order valence-electron chi connectivity index (χ0n) is 11.9. The van der Waals surface area contributed by atoms with E-state index in [-0.39, 0.29) is 35.2 Å². The molecule has 1 amide bonds. The monoisotopic (exact) mass is 307 g/mol. The summed E-state index contributed by atoms with van der Waals surface area (Å²) < 4.78 is 0. The number of likely N-dealkylation sites (tertiary alicyclic amines) is 1. The molecule has 1 aromatic carbocycles. The van der Waals surface area contributed by atoms with Gasteiger partial charge in [0.2, 0.25) is 0 Å². The van der Waals surface area contributed by atoms with E-state index in [9.17, 15) is 19.7 Å². The maximum absolute atomic E-state index is 12.4. The molecule has 118 valence electrons. The molecule has 0 aliphatic carbocycles. The Balaban J connectivity index is 2.05. The quantitative estimate of drug-likeness (QED) is 0.493. The van der Waals surface area contributed by atoms with Crippen molar-refractivity contribution in [3.05, 3.63) is 33.9 Å². The highest BCUT2D eigenvalue weighted by atomic mass is 16.6. The van der Waals surface area contributed by atoms with Crippen molar-refractivity contribution in [1.29, 1.82) is 0 Å². The molecular formula is C14H17N3O5. The smallest absolute Gasteiger partial charge is 0.303 e. The molecule has 1 saturated heterocycles. The molecule has 0 radical (unpaired) electrons. The number of nitrogen functional groups attached to an aromatic ring is 1. The number of nitro groups is 1. The first-order chi connectivity index (χ1) is 10.4. The summed E-state index contributed by atoms with van der Waals surface area (Å²) in [6.07, 6.45) is 1.35. The maximum atomic E-state index is 12.4. The first-order valence-corrected chi connectivity index (χ1v) is 6.93. The zero-order chi connectivity index (χ0) is 16.3. The van der Waals surface area contributed by atoms with Gasteiger partial charge < -0.3 is 15.7 Å². The minimum Gasteiger partial charge on any atom is -0.481 e. The summed E-state index contributed by atoms with van der Waals surface area (Å²) >= 11 is 0. The average Bonchev–Trinajstić information content (AvgIpc) is 2.47. The first-order valence-electron chi connectivity index (χ1n) is 6.93. The molecule has 0 atom stereocenters. The van der Waals surface area contributed by atoms with E-state index in [2.05, 4.69) is 0 Å². The molecule has 1 fully saturated rings. The predicted octanol–water partition coefficient (Wildman–Crippen LogP) is 1.50.